The molecule has 0 atom stereocenters. The predicted molar refractivity (Wildman–Crippen MR) is 101 cm³/mol. The number of benzene rings is 1. The fourth-order valence-electron chi connectivity index (χ4n) is 2.30. The Morgan fingerprint density at radius 1 is 1.28 bits per heavy atom. The zero-order valence-electron chi connectivity index (χ0n) is 14.6. The Hall–Kier alpha value is -2.09. The van der Waals surface area contributed by atoms with Gasteiger partial charge in [0.05, 0.1) is 17.8 Å². The Morgan fingerprint density at radius 3 is 2.40 bits per heavy atom. The molecule has 2 rings (SSSR count). The number of rotatable bonds is 4. The smallest absolute Gasteiger partial charge is 0.178 e. The van der Waals surface area contributed by atoms with Gasteiger partial charge in [-0.25, -0.2) is 4.68 Å². The number of hydrogen-bond donors (Lipinski definition) is 0. The van der Waals surface area contributed by atoms with E-state index in [9.17, 15) is 10.1 Å². The fourth-order valence-corrected chi connectivity index (χ4v) is 2.71. The normalized spacial score (nSPS) is 12.1. The molecule has 0 unspecified atom stereocenters. The molecular weight excluding hydrogens is 357 g/mol. The molecule has 6 heteroatoms. The molecule has 1 aromatic carbocycles. The first-order chi connectivity index (χ1) is 11.6. The van der Waals surface area contributed by atoms with E-state index in [-0.39, 0.29) is 11.4 Å². The second-order valence-corrected chi connectivity index (χ2v) is 7.62. The van der Waals surface area contributed by atoms with Gasteiger partial charge in [-0.3, -0.25) is 4.79 Å². The number of carbonyl (C=O) groups excluding carboxylic acids is 1. The van der Waals surface area contributed by atoms with Crippen molar-refractivity contribution in [1.29, 1.82) is 5.26 Å². The van der Waals surface area contributed by atoms with Crippen molar-refractivity contribution >= 4 is 35.1 Å². The first-order valence-corrected chi connectivity index (χ1v) is 8.53. The number of allylic oxidation sites excluding steroid dienone is 1. The zero-order valence-corrected chi connectivity index (χ0v) is 16.1. The van der Waals surface area contributed by atoms with Gasteiger partial charge in [0.15, 0.2) is 5.78 Å². The van der Waals surface area contributed by atoms with Gasteiger partial charge in [0.1, 0.15) is 11.2 Å². The molecule has 25 heavy (non-hydrogen) atoms. The molecule has 2 aromatic rings. The fraction of sp³-hybridized carbons (Fsp3) is 0.316. The highest BCUT2D eigenvalue weighted by atomic mass is 35.5. The quantitative estimate of drug-likeness (QED) is 0.553. The molecular formula is C19H19Cl2N3O. The lowest BCUT2D eigenvalue weighted by atomic mass is 9.86. The summed E-state index contributed by atoms with van der Waals surface area (Å²) in [5.74, 6) is -0.226. The highest BCUT2D eigenvalue weighted by Gasteiger charge is 2.26. The summed E-state index contributed by atoms with van der Waals surface area (Å²) in [6, 6.07) is 9.38. The molecule has 0 saturated carbocycles. The summed E-state index contributed by atoms with van der Waals surface area (Å²) in [5.41, 5.74) is 1.68. The van der Waals surface area contributed by atoms with Gasteiger partial charge in [0.2, 0.25) is 0 Å². The van der Waals surface area contributed by atoms with Gasteiger partial charge in [0.25, 0.3) is 0 Å². The van der Waals surface area contributed by atoms with Crippen molar-refractivity contribution in [2.45, 2.75) is 34.2 Å². The highest BCUT2D eigenvalue weighted by Crippen LogP contribution is 2.27. The van der Waals surface area contributed by atoms with E-state index >= 15 is 0 Å². The van der Waals surface area contributed by atoms with Crippen LogP contribution in [0.1, 0.15) is 37.6 Å². The van der Waals surface area contributed by atoms with Crippen LogP contribution < -0.4 is 0 Å². The molecule has 130 valence electrons. The van der Waals surface area contributed by atoms with Crippen molar-refractivity contribution in [2.75, 3.05) is 0 Å². The molecule has 1 aromatic heterocycles. The van der Waals surface area contributed by atoms with Crippen LogP contribution in [0.4, 0.5) is 0 Å². The maximum absolute atomic E-state index is 12.4. The molecule has 0 amide bonds. The number of aryl methyl sites for hydroxylation is 1. The lowest BCUT2D eigenvalue weighted by Gasteiger charge is -2.15. The van der Waals surface area contributed by atoms with Crippen LogP contribution in [0.15, 0.2) is 29.8 Å². The van der Waals surface area contributed by atoms with E-state index in [2.05, 4.69) is 5.10 Å². The average molecular weight is 376 g/mol. The number of halogens is 2. The summed E-state index contributed by atoms with van der Waals surface area (Å²) in [4.78, 5) is 12.4. The minimum Gasteiger partial charge on any atom is -0.293 e. The molecule has 0 bridgehead atoms. The van der Waals surface area contributed by atoms with E-state index in [0.29, 0.717) is 28.0 Å². The molecule has 0 spiro atoms. The Labute approximate surface area is 157 Å². The van der Waals surface area contributed by atoms with E-state index in [1.54, 1.807) is 44.5 Å². The number of Topliss-reactive ketones (excluding diaryl/α,β-unsaturated/α-hetero) is 1. The van der Waals surface area contributed by atoms with Crippen LogP contribution in [0.2, 0.25) is 10.2 Å². The van der Waals surface area contributed by atoms with Crippen molar-refractivity contribution in [3.8, 4) is 6.07 Å². The maximum atomic E-state index is 12.4. The standard InChI is InChI=1S/C19H19Cl2N3O/c1-12-16(9-14(10-22)17(25)19(2,3)4)18(21)24(23-12)11-13-5-7-15(20)8-6-13/h5-9H,11H2,1-4H3/b14-9+. The lowest BCUT2D eigenvalue weighted by Crippen LogP contribution is -2.21. The molecule has 1 heterocycles. The van der Waals surface area contributed by atoms with E-state index in [1.807, 2.05) is 18.2 Å². The third-order valence-corrected chi connectivity index (χ3v) is 4.34. The largest absolute Gasteiger partial charge is 0.293 e. The van der Waals surface area contributed by atoms with Gasteiger partial charge in [-0.05, 0) is 30.7 Å². The molecule has 0 fully saturated rings. The summed E-state index contributed by atoms with van der Waals surface area (Å²) in [7, 11) is 0. The van der Waals surface area contributed by atoms with Crippen LogP contribution in [0.5, 0.6) is 0 Å². The molecule has 0 aliphatic carbocycles. The minimum absolute atomic E-state index is 0.0727. The summed E-state index contributed by atoms with van der Waals surface area (Å²) < 4.78 is 1.64. The summed E-state index contributed by atoms with van der Waals surface area (Å²) in [6.07, 6.45) is 1.52. The van der Waals surface area contributed by atoms with Crippen molar-refractivity contribution in [1.82, 2.24) is 9.78 Å². The number of hydrogen-bond acceptors (Lipinski definition) is 3. The SMILES string of the molecule is Cc1nn(Cc2ccc(Cl)cc2)c(Cl)c1/C=C(\C#N)C(=O)C(C)(C)C. The molecule has 0 saturated heterocycles. The summed E-state index contributed by atoms with van der Waals surface area (Å²) in [5, 5.41) is 14.8. The van der Waals surface area contributed by atoms with E-state index < -0.39 is 5.41 Å². The van der Waals surface area contributed by atoms with Crippen LogP contribution >= 0.6 is 23.2 Å². The van der Waals surface area contributed by atoms with E-state index in [1.165, 1.54) is 6.08 Å². The summed E-state index contributed by atoms with van der Waals surface area (Å²) in [6.45, 7) is 7.60. The van der Waals surface area contributed by atoms with Crippen LogP contribution in [-0.2, 0) is 11.3 Å². The first-order valence-electron chi connectivity index (χ1n) is 7.77. The Balaban J connectivity index is 2.39. The van der Waals surface area contributed by atoms with Crippen molar-refractivity contribution in [2.24, 2.45) is 5.41 Å². The maximum Gasteiger partial charge on any atom is 0.178 e. The van der Waals surface area contributed by atoms with E-state index in [4.69, 9.17) is 23.2 Å². The van der Waals surface area contributed by atoms with Crippen LogP contribution in [0, 0.1) is 23.7 Å². The van der Waals surface area contributed by atoms with Crippen molar-refractivity contribution in [3.63, 3.8) is 0 Å². The monoisotopic (exact) mass is 375 g/mol. The van der Waals surface area contributed by atoms with Crippen molar-refractivity contribution < 1.29 is 4.79 Å². The first kappa shape index (κ1) is 19.2. The topological polar surface area (TPSA) is 58.7 Å². The van der Waals surface area contributed by atoms with Crippen molar-refractivity contribution in [3.05, 3.63) is 56.8 Å². The third-order valence-electron chi connectivity index (χ3n) is 3.69. The Kier molecular flexibility index (Phi) is 5.72. The number of nitriles is 1. The van der Waals surface area contributed by atoms with Gasteiger partial charge in [0, 0.05) is 16.0 Å². The van der Waals surface area contributed by atoms with Gasteiger partial charge < -0.3 is 0 Å². The van der Waals surface area contributed by atoms with Crippen LogP contribution in [0.3, 0.4) is 0 Å². The average Bonchev–Trinajstić information content (AvgIpc) is 2.80. The Bertz CT molecular complexity index is 866. The molecule has 0 N–H and O–H groups in total. The van der Waals surface area contributed by atoms with Crippen LogP contribution in [-0.4, -0.2) is 15.6 Å². The van der Waals surface area contributed by atoms with Crippen LogP contribution in [0.25, 0.3) is 6.08 Å². The molecule has 0 aliphatic heterocycles. The molecule has 0 aliphatic rings. The lowest BCUT2D eigenvalue weighted by molar-refractivity contribution is -0.121. The number of ketones is 1. The zero-order chi connectivity index (χ0) is 18.8. The second kappa shape index (κ2) is 7.43. The van der Waals surface area contributed by atoms with E-state index in [0.717, 1.165) is 5.56 Å². The second-order valence-electron chi connectivity index (χ2n) is 6.82. The number of nitrogens with zero attached hydrogens (tertiary/aromatic N) is 3. The summed E-state index contributed by atoms with van der Waals surface area (Å²) >= 11 is 12.3. The molecule has 4 nitrogen and oxygen atoms in total. The van der Waals surface area contributed by atoms with Gasteiger partial charge in [-0.2, -0.15) is 10.4 Å². The van der Waals surface area contributed by atoms with Gasteiger partial charge >= 0.3 is 0 Å². The highest BCUT2D eigenvalue weighted by molar-refractivity contribution is 6.31. The number of aromatic nitrogens is 2. The van der Waals surface area contributed by atoms with Gasteiger partial charge in [-0.1, -0.05) is 56.1 Å². The Morgan fingerprint density at radius 2 is 1.88 bits per heavy atom. The third kappa shape index (κ3) is 4.50. The predicted octanol–water partition coefficient (Wildman–Crippen LogP) is 5.07. The molecule has 0 radical (unpaired) electrons. The van der Waals surface area contributed by atoms with Gasteiger partial charge in [-0.15, -0.1) is 0 Å². The minimum atomic E-state index is -0.638. The number of carbonyl (C=O) groups is 1.